The van der Waals surface area contributed by atoms with Gasteiger partial charge in [-0.3, -0.25) is 0 Å². The molecule has 5 heteroatoms. The zero-order valence-electron chi connectivity index (χ0n) is 10.5. The second kappa shape index (κ2) is 5.86. The van der Waals surface area contributed by atoms with Crippen LogP contribution in [0.1, 0.15) is 11.1 Å². The maximum absolute atomic E-state index is 13.7. The molecule has 2 aromatic rings. The van der Waals surface area contributed by atoms with Crippen molar-refractivity contribution in [3.05, 3.63) is 59.4 Å². The van der Waals surface area contributed by atoms with Gasteiger partial charge in [-0.2, -0.15) is 0 Å². The summed E-state index contributed by atoms with van der Waals surface area (Å²) in [6.45, 7) is 2.01. The minimum atomic E-state index is -1.67. The first-order chi connectivity index (χ1) is 9.08. The van der Waals surface area contributed by atoms with E-state index in [9.17, 15) is 4.39 Å². The van der Waals surface area contributed by atoms with E-state index in [0.717, 1.165) is 11.6 Å². The molecular weight excluding hydrogens is 246 g/mol. The second-order valence-electron chi connectivity index (χ2n) is 4.28. The fraction of sp³-hybridized carbons (Fsp3) is 0.143. The van der Waals surface area contributed by atoms with Crippen molar-refractivity contribution in [1.82, 2.24) is 0 Å². The minimum absolute atomic E-state index is 0.0957. The van der Waals surface area contributed by atoms with E-state index in [2.05, 4.69) is 0 Å². The SMILES string of the molecule is Cc1ccccc1OCc1ccc(B(O)O)cc1F. The first-order valence-electron chi connectivity index (χ1n) is 5.91. The Morgan fingerprint density at radius 1 is 1.16 bits per heavy atom. The molecule has 0 heterocycles. The van der Waals surface area contributed by atoms with Gasteiger partial charge in [0.1, 0.15) is 18.2 Å². The zero-order chi connectivity index (χ0) is 13.8. The van der Waals surface area contributed by atoms with E-state index in [4.69, 9.17) is 14.8 Å². The van der Waals surface area contributed by atoms with E-state index in [0.29, 0.717) is 11.3 Å². The lowest BCUT2D eigenvalue weighted by atomic mass is 9.80. The molecule has 3 nitrogen and oxygen atoms in total. The molecule has 0 amide bonds. The van der Waals surface area contributed by atoms with Gasteiger partial charge < -0.3 is 14.8 Å². The Labute approximate surface area is 111 Å². The average molecular weight is 260 g/mol. The van der Waals surface area contributed by atoms with Crippen LogP contribution in [-0.2, 0) is 6.61 Å². The molecule has 0 atom stereocenters. The molecule has 0 aliphatic heterocycles. The van der Waals surface area contributed by atoms with E-state index in [-0.39, 0.29) is 12.1 Å². The summed E-state index contributed by atoms with van der Waals surface area (Å²) >= 11 is 0. The van der Waals surface area contributed by atoms with Gasteiger partial charge in [0.15, 0.2) is 0 Å². The molecule has 2 rings (SSSR count). The Bertz CT molecular complexity index is 572. The predicted octanol–water partition coefficient (Wildman–Crippen LogP) is 1.39. The quantitative estimate of drug-likeness (QED) is 0.817. The lowest BCUT2D eigenvalue weighted by molar-refractivity contribution is 0.298. The third-order valence-electron chi connectivity index (χ3n) is 2.85. The molecule has 0 saturated heterocycles. The lowest BCUT2D eigenvalue weighted by Gasteiger charge is -2.10. The molecule has 0 saturated carbocycles. The van der Waals surface area contributed by atoms with Crippen molar-refractivity contribution < 1.29 is 19.2 Å². The summed E-state index contributed by atoms with van der Waals surface area (Å²) in [4.78, 5) is 0. The highest BCUT2D eigenvalue weighted by Gasteiger charge is 2.13. The Kier molecular flexibility index (Phi) is 4.19. The van der Waals surface area contributed by atoms with Gasteiger partial charge in [0.05, 0.1) is 0 Å². The van der Waals surface area contributed by atoms with Crippen LogP contribution in [0, 0.1) is 12.7 Å². The van der Waals surface area contributed by atoms with Crippen molar-refractivity contribution in [3.8, 4) is 5.75 Å². The smallest absolute Gasteiger partial charge is 0.488 e. The van der Waals surface area contributed by atoms with Crippen LogP contribution in [0.15, 0.2) is 42.5 Å². The number of hydrogen-bond donors (Lipinski definition) is 2. The predicted molar refractivity (Wildman–Crippen MR) is 71.7 cm³/mol. The number of para-hydroxylation sites is 1. The lowest BCUT2D eigenvalue weighted by Crippen LogP contribution is -2.30. The van der Waals surface area contributed by atoms with Crippen LogP contribution in [0.2, 0.25) is 0 Å². The molecule has 0 aromatic heterocycles. The third kappa shape index (κ3) is 3.33. The summed E-state index contributed by atoms with van der Waals surface area (Å²) in [5.41, 5.74) is 1.47. The van der Waals surface area contributed by atoms with Crippen LogP contribution in [-0.4, -0.2) is 17.2 Å². The van der Waals surface area contributed by atoms with Crippen molar-refractivity contribution >= 4 is 12.6 Å². The fourth-order valence-electron chi connectivity index (χ4n) is 1.72. The van der Waals surface area contributed by atoms with Crippen molar-refractivity contribution in [1.29, 1.82) is 0 Å². The van der Waals surface area contributed by atoms with Crippen LogP contribution in [0.4, 0.5) is 4.39 Å². The third-order valence-corrected chi connectivity index (χ3v) is 2.85. The van der Waals surface area contributed by atoms with Crippen LogP contribution in [0.3, 0.4) is 0 Å². The van der Waals surface area contributed by atoms with Crippen molar-refractivity contribution in [2.45, 2.75) is 13.5 Å². The molecule has 19 heavy (non-hydrogen) atoms. The highest BCUT2D eigenvalue weighted by Crippen LogP contribution is 2.18. The zero-order valence-corrected chi connectivity index (χ0v) is 10.5. The molecule has 0 fully saturated rings. The van der Waals surface area contributed by atoms with Gasteiger partial charge in [-0.15, -0.1) is 0 Å². The van der Waals surface area contributed by atoms with Gasteiger partial charge in [0.2, 0.25) is 0 Å². The Morgan fingerprint density at radius 3 is 2.53 bits per heavy atom. The maximum Gasteiger partial charge on any atom is 0.488 e. The van der Waals surface area contributed by atoms with E-state index >= 15 is 0 Å². The van der Waals surface area contributed by atoms with Crippen LogP contribution >= 0.6 is 0 Å². The van der Waals surface area contributed by atoms with Crippen LogP contribution in [0.5, 0.6) is 5.75 Å². The monoisotopic (exact) mass is 260 g/mol. The molecule has 0 aliphatic carbocycles. The highest BCUT2D eigenvalue weighted by molar-refractivity contribution is 6.58. The van der Waals surface area contributed by atoms with Gasteiger partial charge in [0.25, 0.3) is 0 Å². The molecular formula is C14H14BFO3. The largest absolute Gasteiger partial charge is 0.489 e. The molecule has 0 unspecified atom stereocenters. The van der Waals surface area contributed by atoms with Crippen molar-refractivity contribution in [2.24, 2.45) is 0 Å². The van der Waals surface area contributed by atoms with Crippen molar-refractivity contribution in [2.75, 3.05) is 0 Å². The molecule has 2 N–H and O–H groups in total. The maximum atomic E-state index is 13.7. The summed E-state index contributed by atoms with van der Waals surface area (Å²) in [5, 5.41) is 17.9. The fourth-order valence-corrected chi connectivity index (χ4v) is 1.72. The summed E-state index contributed by atoms with van der Waals surface area (Å²) in [6, 6.07) is 11.5. The summed E-state index contributed by atoms with van der Waals surface area (Å²) in [5.74, 6) is 0.187. The molecule has 2 aromatic carbocycles. The highest BCUT2D eigenvalue weighted by atomic mass is 19.1. The Morgan fingerprint density at radius 2 is 1.89 bits per heavy atom. The summed E-state index contributed by atoms with van der Waals surface area (Å²) in [7, 11) is -1.67. The molecule has 98 valence electrons. The van der Waals surface area contributed by atoms with Gasteiger partial charge in [0, 0.05) is 5.56 Å². The van der Waals surface area contributed by atoms with E-state index in [1.54, 1.807) is 0 Å². The number of benzene rings is 2. The number of ether oxygens (including phenoxy) is 1. The van der Waals surface area contributed by atoms with Gasteiger partial charge in [-0.1, -0.05) is 30.3 Å². The minimum Gasteiger partial charge on any atom is -0.489 e. The average Bonchev–Trinajstić information content (AvgIpc) is 2.39. The number of halogens is 1. The standard InChI is InChI=1S/C14H14BFO3/c1-10-4-2-3-5-14(10)19-9-11-6-7-12(15(17)18)8-13(11)16/h2-8,17-18H,9H2,1H3. The van der Waals surface area contributed by atoms with Crippen LogP contribution in [0.25, 0.3) is 0 Å². The van der Waals surface area contributed by atoms with Crippen LogP contribution < -0.4 is 10.2 Å². The number of hydrogen-bond acceptors (Lipinski definition) is 3. The molecule has 0 bridgehead atoms. The van der Waals surface area contributed by atoms with E-state index in [1.807, 2.05) is 31.2 Å². The second-order valence-corrected chi connectivity index (χ2v) is 4.28. The van der Waals surface area contributed by atoms with Gasteiger partial charge in [-0.25, -0.2) is 4.39 Å². The Hall–Kier alpha value is -1.85. The van der Waals surface area contributed by atoms with Crippen molar-refractivity contribution in [3.63, 3.8) is 0 Å². The number of aryl methyl sites for hydroxylation is 1. The van der Waals surface area contributed by atoms with Gasteiger partial charge in [-0.05, 0) is 30.1 Å². The topological polar surface area (TPSA) is 49.7 Å². The summed E-state index contributed by atoms with van der Waals surface area (Å²) < 4.78 is 19.3. The molecule has 0 radical (unpaired) electrons. The van der Waals surface area contributed by atoms with E-state index in [1.165, 1.54) is 12.1 Å². The normalized spacial score (nSPS) is 10.3. The first-order valence-corrected chi connectivity index (χ1v) is 5.91. The van der Waals surface area contributed by atoms with Gasteiger partial charge >= 0.3 is 7.12 Å². The number of rotatable bonds is 4. The Balaban J connectivity index is 2.10. The van der Waals surface area contributed by atoms with E-state index < -0.39 is 12.9 Å². The molecule has 0 spiro atoms. The first kappa shape index (κ1) is 13.6. The summed E-state index contributed by atoms with van der Waals surface area (Å²) in [6.07, 6.45) is 0. The molecule has 0 aliphatic rings.